The lowest BCUT2D eigenvalue weighted by atomic mass is 9.71. The Morgan fingerprint density at radius 3 is 2.64 bits per heavy atom. The van der Waals surface area contributed by atoms with E-state index >= 15 is 0 Å². The zero-order valence-corrected chi connectivity index (χ0v) is 14.2. The summed E-state index contributed by atoms with van der Waals surface area (Å²) in [6.45, 7) is 2.46. The highest BCUT2D eigenvalue weighted by atomic mass is 16.6. The van der Waals surface area contributed by atoms with E-state index in [0.717, 1.165) is 25.7 Å². The van der Waals surface area contributed by atoms with E-state index in [-0.39, 0.29) is 17.0 Å². The number of nitrogens with zero attached hydrogens (tertiary/aromatic N) is 2. The largest absolute Gasteiger partial charge is 0.376 e. The van der Waals surface area contributed by atoms with Crippen LogP contribution >= 0.6 is 0 Å². The van der Waals surface area contributed by atoms with Crippen LogP contribution in [-0.4, -0.2) is 66.1 Å². The van der Waals surface area contributed by atoms with Crippen molar-refractivity contribution in [1.29, 1.82) is 0 Å². The van der Waals surface area contributed by atoms with E-state index < -0.39 is 6.10 Å². The van der Waals surface area contributed by atoms with Crippen LogP contribution in [0.4, 0.5) is 5.95 Å². The zero-order valence-electron chi connectivity index (χ0n) is 14.2. The average Bonchev–Trinajstić information content (AvgIpc) is 2.69. The van der Waals surface area contributed by atoms with Crippen LogP contribution in [0.25, 0.3) is 0 Å². The molecule has 1 aromatic rings. The fraction of sp³-hybridized carbons (Fsp3) is 0.706. The molecule has 2 bridgehead atoms. The maximum atomic E-state index is 12.2. The number of amides is 1. The van der Waals surface area contributed by atoms with Crippen molar-refractivity contribution < 1.29 is 19.0 Å². The lowest BCUT2D eigenvalue weighted by Gasteiger charge is -2.53. The highest BCUT2D eigenvalue weighted by Crippen LogP contribution is 2.44. The van der Waals surface area contributed by atoms with Crippen LogP contribution in [0.2, 0.25) is 0 Å². The Morgan fingerprint density at radius 1 is 1.20 bits per heavy atom. The van der Waals surface area contributed by atoms with Crippen molar-refractivity contribution in [1.82, 2.24) is 15.3 Å². The van der Waals surface area contributed by atoms with Crippen LogP contribution in [-0.2, 0) is 19.0 Å². The number of nitrogens with one attached hydrogen (secondary N) is 2. The van der Waals surface area contributed by atoms with E-state index in [1.54, 1.807) is 18.5 Å². The summed E-state index contributed by atoms with van der Waals surface area (Å²) in [6, 6.07) is 1.80. The van der Waals surface area contributed by atoms with Gasteiger partial charge >= 0.3 is 0 Å². The molecule has 8 nitrogen and oxygen atoms in total. The van der Waals surface area contributed by atoms with Gasteiger partial charge in [0.1, 0.15) is 0 Å². The summed E-state index contributed by atoms with van der Waals surface area (Å²) in [5.74, 6) is 0.527. The van der Waals surface area contributed by atoms with Gasteiger partial charge < -0.3 is 24.8 Å². The maximum absolute atomic E-state index is 12.2. The molecule has 3 aliphatic heterocycles. The molecule has 5 rings (SSSR count). The van der Waals surface area contributed by atoms with Crippen molar-refractivity contribution in [3.8, 4) is 0 Å². The third-order valence-electron chi connectivity index (χ3n) is 5.41. The van der Waals surface area contributed by atoms with Crippen molar-refractivity contribution in [2.75, 3.05) is 38.3 Å². The SMILES string of the molecule is O=C(NCC12CCC(Nc3ncccn3)(CC1)CO2)C1COCCO1. The number of hydrogen-bond acceptors (Lipinski definition) is 7. The van der Waals surface area contributed by atoms with Crippen LogP contribution in [0.1, 0.15) is 25.7 Å². The number of rotatable bonds is 5. The first-order valence-corrected chi connectivity index (χ1v) is 8.85. The average molecular weight is 348 g/mol. The first-order chi connectivity index (χ1) is 12.2. The Bertz CT molecular complexity index is 581. The molecule has 8 heteroatoms. The Hall–Kier alpha value is -1.77. The number of anilines is 1. The van der Waals surface area contributed by atoms with Gasteiger partial charge in [0.25, 0.3) is 5.91 Å². The van der Waals surface area contributed by atoms with Crippen molar-refractivity contribution in [2.24, 2.45) is 0 Å². The number of ether oxygens (including phenoxy) is 3. The highest BCUT2D eigenvalue weighted by molar-refractivity contribution is 5.81. The minimum atomic E-state index is -0.506. The van der Waals surface area contributed by atoms with E-state index in [9.17, 15) is 4.79 Å². The number of carbonyl (C=O) groups excluding carboxylic acids is 1. The molecular weight excluding hydrogens is 324 g/mol. The molecule has 25 heavy (non-hydrogen) atoms. The van der Waals surface area contributed by atoms with Crippen LogP contribution in [0, 0.1) is 0 Å². The standard InChI is InChI=1S/C17H24N4O4/c22-14(13-10-23-8-9-24-13)20-11-17-4-2-16(3-5-17,12-25-17)21-15-18-6-1-7-19-15/h1,6-7,13H,2-5,8-12H2,(H,20,22)(H,18,19,21). The predicted octanol–water partition coefficient (Wildman–Crippen LogP) is 0.502. The maximum Gasteiger partial charge on any atom is 0.251 e. The van der Waals surface area contributed by atoms with Gasteiger partial charge in [-0.05, 0) is 31.7 Å². The number of carbonyl (C=O) groups is 1. The van der Waals surface area contributed by atoms with E-state index in [1.165, 1.54) is 0 Å². The number of aromatic nitrogens is 2. The van der Waals surface area contributed by atoms with Gasteiger partial charge in [0.05, 0.1) is 37.6 Å². The quantitative estimate of drug-likeness (QED) is 0.800. The van der Waals surface area contributed by atoms with Crippen LogP contribution in [0.3, 0.4) is 0 Å². The van der Waals surface area contributed by atoms with Crippen molar-refractivity contribution >= 4 is 11.9 Å². The summed E-state index contributed by atoms with van der Waals surface area (Å²) in [4.78, 5) is 20.7. The lowest BCUT2D eigenvalue weighted by Crippen LogP contribution is -2.62. The molecule has 1 aromatic heterocycles. The third kappa shape index (κ3) is 3.61. The molecule has 1 saturated carbocycles. The van der Waals surface area contributed by atoms with Crippen LogP contribution < -0.4 is 10.6 Å². The minimum absolute atomic E-state index is 0.104. The van der Waals surface area contributed by atoms with Gasteiger partial charge in [-0.3, -0.25) is 4.79 Å². The van der Waals surface area contributed by atoms with Crippen molar-refractivity contribution in [3.63, 3.8) is 0 Å². The first kappa shape index (κ1) is 16.7. The highest BCUT2D eigenvalue weighted by Gasteiger charge is 2.50. The summed E-state index contributed by atoms with van der Waals surface area (Å²) in [5, 5.41) is 6.43. The molecular formula is C17H24N4O4. The molecule has 1 atom stereocenters. The lowest BCUT2D eigenvalue weighted by molar-refractivity contribution is -0.159. The van der Waals surface area contributed by atoms with Crippen molar-refractivity contribution in [2.45, 2.75) is 42.9 Å². The Kier molecular flexibility index (Phi) is 4.58. The fourth-order valence-corrected chi connectivity index (χ4v) is 3.75. The molecule has 1 amide bonds. The van der Waals surface area contributed by atoms with E-state index in [4.69, 9.17) is 14.2 Å². The molecule has 4 heterocycles. The number of fused-ring (bicyclic) bond motifs is 3. The van der Waals surface area contributed by atoms with Gasteiger partial charge in [-0.1, -0.05) is 0 Å². The van der Waals surface area contributed by atoms with E-state index in [0.29, 0.717) is 38.9 Å². The zero-order chi connectivity index (χ0) is 17.2. The monoisotopic (exact) mass is 348 g/mol. The summed E-state index contributed by atoms with van der Waals surface area (Å²) < 4.78 is 16.9. The second-order valence-electron chi connectivity index (χ2n) is 7.10. The van der Waals surface area contributed by atoms with Crippen molar-refractivity contribution in [3.05, 3.63) is 18.5 Å². The summed E-state index contributed by atoms with van der Waals surface area (Å²) in [7, 11) is 0. The molecule has 0 aromatic carbocycles. The van der Waals surface area contributed by atoms with Gasteiger partial charge in [-0.25, -0.2) is 9.97 Å². The van der Waals surface area contributed by atoms with E-state index in [2.05, 4.69) is 20.6 Å². The van der Waals surface area contributed by atoms with Crippen LogP contribution in [0.15, 0.2) is 18.5 Å². The molecule has 1 unspecified atom stereocenters. The summed E-state index contributed by atoms with van der Waals surface area (Å²) >= 11 is 0. The molecule has 4 fully saturated rings. The second-order valence-corrected chi connectivity index (χ2v) is 7.10. The normalized spacial score (nSPS) is 34.5. The van der Waals surface area contributed by atoms with Gasteiger partial charge in [-0.15, -0.1) is 0 Å². The second kappa shape index (κ2) is 6.86. The summed E-state index contributed by atoms with van der Waals surface area (Å²) in [6.07, 6.45) is 6.71. The topological polar surface area (TPSA) is 94.6 Å². The molecule has 1 aliphatic carbocycles. The minimum Gasteiger partial charge on any atom is -0.376 e. The van der Waals surface area contributed by atoms with Gasteiger partial charge in [0.2, 0.25) is 5.95 Å². The van der Waals surface area contributed by atoms with Gasteiger partial charge in [-0.2, -0.15) is 0 Å². The predicted molar refractivity (Wildman–Crippen MR) is 89.1 cm³/mol. The first-order valence-electron chi connectivity index (χ1n) is 8.85. The van der Waals surface area contributed by atoms with Crippen LogP contribution in [0.5, 0.6) is 0 Å². The Labute approximate surface area is 146 Å². The molecule has 0 spiro atoms. The van der Waals surface area contributed by atoms with Gasteiger partial charge in [0.15, 0.2) is 6.10 Å². The Balaban J connectivity index is 1.30. The van der Waals surface area contributed by atoms with Gasteiger partial charge in [0, 0.05) is 18.9 Å². The molecule has 2 N–H and O–H groups in total. The molecule has 4 aliphatic rings. The molecule has 3 saturated heterocycles. The smallest absolute Gasteiger partial charge is 0.251 e. The number of hydrogen-bond donors (Lipinski definition) is 2. The molecule has 0 radical (unpaired) electrons. The fourth-order valence-electron chi connectivity index (χ4n) is 3.75. The summed E-state index contributed by atoms with van der Waals surface area (Å²) in [5.41, 5.74) is -0.375. The third-order valence-corrected chi connectivity index (χ3v) is 5.41. The molecule has 136 valence electrons. The van der Waals surface area contributed by atoms with E-state index in [1.807, 2.05) is 0 Å². The Morgan fingerprint density at radius 2 is 2.00 bits per heavy atom.